The third-order valence-electron chi connectivity index (χ3n) is 8.25. The van der Waals surface area contributed by atoms with E-state index in [4.69, 9.17) is 9.84 Å². The molecule has 4 heterocycles. The predicted molar refractivity (Wildman–Crippen MR) is 150 cm³/mol. The van der Waals surface area contributed by atoms with E-state index in [2.05, 4.69) is 28.1 Å². The Kier molecular flexibility index (Phi) is 7.59. The second-order valence-corrected chi connectivity index (χ2v) is 12.4. The first-order valence-corrected chi connectivity index (χ1v) is 14.3. The minimum Gasteiger partial charge on any atom is -0.444 e. The molecular formula is C29H42N6O4. The summed E-state index contributed by atoms with van der Waals surface area (Å²) >= 11 is 0. The monoisotopic (exact) mass is 538 g/mol. The Labute approximate surface area is 230 Å². The van der Waals surface area contributed by atoms with Crippen molar-refractivity contribution >= 4 is 34.5 Å². The molecule has 3 saturated heterocycles. The molecule has 1 aromatic heterocycles. The fraction of sp³-hybridized carbons (Fsp3) is 0.655. The predicted octanol–water partition coefficient (Wildman–Crippen LogP) is 3.25. The van der Waals surface area contributed by atoms with Crippen LogP contribution in [0.3, 0.4) is 0 Å². The summed E-state index contributed by atoms with van der Waals surface area (Å²) in [5.74, 6) is -0.241. The number of benzene rings is 1. The molecule has 39 heavy (non-hydrogen) atoms. The number of amides is 3. The second-order valence-electron chi connectivity index (χ2n) is 12.4. The lowest BCUT2D eigenvalue weighted by molar-refractivity contribution is -0.134. The molecule has 212 valence electrons. The third kappa shape index (κ3) is 5.90. The highest BCUT2D eigenvalue weighted by atomic mass is 16.6. The zero-order chi connectivity index (χ0) is 27.9. The lowest BCUT2D eigenvalue weighted by Gasteiger charge is -2.42. The third-order valence-corrected chi connectivity index (χ3v) is 8.25. The molecule has 2 atom stereocenters. The number of rotatable bonds is 4. The first kappa shape index (κ1) is 27.4. The van der Waals surface area contributed by atoms with Gasteiger partial charge in [-0.1, -0.05) is 12.1 Å². The van der Waals surface area contributed by atoms with Gasteiger partial charge in [-0.15, -0.1) is 0 Å². The Bertz CT molecular complexity index is 1240. The van der Waals surface area contributed by atoms with Crippen LogP contribution in [0.15, 0.2) is 18.2 Å². The number of piperazine rings is 1. The maximum Gasteiger partial charge on any atom is 0.410 e. The summed E-state index contributed by atoms with van der Waals surface area (Å²) in [7, 11) is 1.94. The van der Waals surface area contributed by atoms with Crippen LogP contribution >= 0.6 is 0 Å². The number of imide groups is 1. The number of anilines is 1. The number of aryl methyl sites for hydroxylation is 1. The van der Waals surface area contributed by atoms with Crippen LogP contribution in [-0.4, -0.2) is 88.4 Å². The van der Waals surface area contributed by atoms with Gasteiger partial charge in [0.1, 0.15) is 5.60 Å². The van der Waals surface area contributed by atoms with Crippen molar-refractivity contribution in [2.24, 2.45) is 13.0 Å². The van der Waals surface area contributed by atoms with Crippen LogP contribution in [0.25, 0.3) is 10.9 Å². The van der Waals surface area contributed by atoms with Gasteiger partial charge in [0.15, 0.2) is 0 Å². The normalized spacial score (nSPS) is 23.8. The van der Waals surface area contributed by atoms with Crippen molar-refractivity contribution in [1.82, 2.24) is 24.9 Å². The lowest BCUT2D eigenvalue weighted by Crippen LogP contribution is -2.56. The zero-order valence-electron chi connectivity index (χ0n) is 23.9. The van der Waals surface area contributed by atoms with Crippen molar-refractivity contribution in [3.8, 4) is 0 Å². The molecule has 0 bridgehead atoms. The SMILES string of the molecule is C[C@H]1CN(CC2CCN(c3cccc4c(C5CCC(=O)NC5=O)nn(C)c34)CC2)CCN1C(=O)OC(C)(C)C. The van der Waals surface area contributed by atoms with E-state index in [1.54, 1.807) is 0 Å². The number of hydrogen-bond donors (Lipinski definition) is 1. The highest BCUT2D eigenvalue weighted by Gasteiger charge is 2.34. The molecule has 1 unspecified atom stereocenters. The number of hydrogen-bond acceptors (Lipinski definition) is 7. The topological polar surface area (TPSA) is 100 Å². The van der Waals surface area contributed by atoms with Gasteiger partial charge in [-0.2, -0.15) is 5.10 Å². The molecule has 1 N–H and O–H groups in total. The fourth-order valence-electron chi connectivity index (χ4n) is 6.32. The van der Waals surface area contributed by atoms with Gasteiger partial charge in [0.05, 0.1) is 22.8 Å². The van der Waals surface area contributed by atoms with Crippen LogP contribution in [-0.2, 0) is 21.4 Å². The highest BCUT2D eigenvalue weighted by molar-refractivity contribution is 6.03. The van der Waals surface area contributed by atoms with Gasteiger partial charge in [0.25, 0.3) is 0 Å². The minimum absolute atomic E-state index is 0.134. The average Bonchev–Trinajstić information content (AvgIpc) is 3.20. The first-order valence-electron chi connectivity index (χ1n) is 14.3. The molecular weight excluding hydrogens is 496 g/mol. The molecule has 3 aliphatic rings. The van der Waals surface area contributed by atoms with Gasteiger partial charge in [-0.05, 0) is 58.9 Å². The standard InChI is InChI=1S/C29H42N6O4/c1-19-17-33(15-16-35(19)28(38)39-29(2,3)4)18-20-11-13-34(14-12-20)23-8-6-7-21-25(31-32(5)26(21)23)22-9-10-24(36)30-27(22)37/h6-8,19-20,22H,9-18H2,1-5H3,(H,30,36,37)/t19-,22?/m0/s1. The van der Waals surface area contributed by atoms with E-state index in [0.29, 0.717) is 25.3 Å². The van der Waals surface area contributed by atoms with Crippen molar-refractivity contribution in [1.29, 1.82) is 0 Å². The molecule has 0 spiro atoms. The Balaban J connectivity index is 1.20. The maximum absolute atomic E-state index is 12.6. The summed E-state index contributed by atoms with van der Waals surface area (Å²) in [6.07, 6.45) is 2.84. The molecule has 3 fully saturated rings. The number of carbonyl (C=O) groups is 3. The molecule has 1 aromatic carbocycles. The van der Waals surface area contributed by atoms with Gasteiger partial charge >= 0.3 is 6.09 Å². The Morgan fingerprint density at radius 2 is 1.85 bits per heavy atom. The molecule has 0 saturated carbocycles. The lowest BCUT2D eigenvalue weighted by atomic mass is 9.92. The molecule has 10 nitrogen and oxygen atoms in total. The Morgan fingerprint density at radius 1 is 1.10 bits per heavy atom. The van der Waals surface area contributed by atoms with Crippen molar-refractivity contribution in [3.05, 3.63) is 23.9 Å². The number of fused-ring (bicyclic) bond motifs is 1. The summed E-state index contributed by atoms with van der Waals surface area (Å²) in [6, 6.07) is 6.37. The zero-order valence-corrected chi connectivity index (χ0v) is 23.9. The van der Waals surface area contributed by atoms with Crippen LogP contribution in [0, 0.1) is 5.92 Å². The molecule has 0 aliphatic carbocycles. The maximum atomic E-state index is 12.6. The van der Waals surface area contributed by atoms with Crippen molar-refractivity contribution < 1.29 is 19.1 Å². The van der Waals surface area contributed by atoms with Gasteiger partial charge in [0.2, 0.25) is 11.8 Å². The number of nitrogens with zero attached hydrogens (tertiary/aromatic N) is 5. The van der Waals surface area contributed by atoms with Gasteiger partial charge < -0.3 is 14.5 Å². The van der Waals surface area contributed by atoms with E-state index in [1.807, 2.05) is 49.5 Å². The van der Waals surface area contributed by atoms with Crippen molar-refractivity contribution in [2.45, 2.75) is 70.9 Å². The number of aromatic nitrogens is 2. The van der Waals surface area contributed by atoms with Gasteiger partial charge in [-0.25, -0.2) is 4.79 Å². The summed E-state index contributed by atoms with van der Waals surface area (Å²) in [5, 5.41) is 8.22. The second kappa shape index (κ2) is 10.8. The van der Waals surface area contributed by atoms with Gasteiger partial charge in [-0.3, -0.25) is 24.5 Å². The molecule has 5 rings (SSSR count). The largest absolute Gasteiger partial charge is 0.444 e. The molecule has 10 heteroatoms. The number of piperidine rings is 2. The quantitative estimate of drug-likeness (QED) is 0.597. The number of nitrogens with one attached hydrogen (secondary N) is 1. The highest BCUT2D eigenvalue weighted by Crippen LogP contribution is 2.36. The van der Waals surface area contributed by atoms with E-state index in [1.165, 1.54) is 0 Å². The number of carbonyl (C=O) groups excluding carboxylic acids is 3. The smallest absolute Gasteiger partial charge is 0.410 e. The van der Waals surface area contributed by atoms with Crippen LogP contribution in [0.5, 0.6) is 0 Å². The molecule has 3 aliphatic heterocycles. The molecule has 3 amide bonds. The summed E-state index contributed by atoms with van der Waals surface area (Å²) < 4.78 is 7.48. The van der Waals surface area contributed by atoms with Crippen molar-refractivity contribution in [3.63, 3.8) is 0 Å². The average molecular weight is 539 g/mol. The van der Waals surface area contributed by atoms with E-state index < -0.39 is 11.5 Å². The van der Waals surface area contributed by atoms with Crippen LogP contribution in [0.2, 0.25) is 0 Å². The van der Waals surface area contributed by atoms with Crippen LogP contribution in [0.1, 0.15) is 65.0 Å². The fourth-order valence-corrected chi connectivity index (χ4v) is 6.32. The van der Waals surface area contributed by atoms with E-state index in [9.17, 15) is 14.4 Å². The van der Waals surface area contributed by atoms with Crippen molar-refractivity contribution in [2.75, 3.05) is 44.2 Å². The number of ether oxygens (including phenoxy) is 1. The Hall–Kier alpha value is -3.14. The molecule has 0 radical (unpaired) electrons. The number of para-hydroxylation sites is 1. The minimum atomic E-state index is -0.478. The van der Waals surface area contributed by atoms with Crippen LogP contribution < -0.4 is 10.2 Å². The van der Waals surface area contributed by atoms with E-state index in [-0.39, 0.29) is 23.9 Å². The summed E-state index contributed by atoms with van der Waals surface area (Å²) in [6.45, 7) is 13.3. The van der Waals surface area contributed by atoms with E-state index >= 15 is 0 Å². The summed E-state index contributed by atoms with van der Waals surface area (Å²) in [5.41, 5.74) is 2.48. The first-order chi connectivity index (χ1) is 18.5. The van der Waals surface area contributed by atoms with Crippen LogP contribution in [0.4, 0.5) is 10.5 Å². The summed E-state index contributed by atoms with van der Waals surface area (Å²) in [4.78, 5) is 43.6. The Morgan fingerprint density at radius 3 is 2.51 bits per heavy atom. The van der Waals surface area contributed by atoms with Gasteiger partial charge in [0, 0.05) is 64.2 Å². The van der Waals surface area contributed by atoms with E-state index in [0.717, 1.165) is 67.8 Å². The molecule has 2 aromatic rings.